The van der Waals surface area contributed by atoms with Gasteiger partial charge in [-0.2, -0.15) is 0 Å². The zero-order chi connectivity index (χ0) is 91.1. The van der Waals surface area contributed by atoms with E-state index in [1.807, 2.05) is 0 Å². The summed E-state index contributed by atoms with van der Waals surface area (Å²) >= 11 is 0. The standard InChI is InChI=1S/C114H212O12/c1-6-11-16-21-26-31-36-41-47-55-62-69-76-83-90-97-109(115)121-103-106(124-112(118)100-93-86-79-72-65-58-49-43-38-33-28-23-18-13-8-3)104-122-110(116)98-91-84-77-70-63-57-53-46-52-54-61-68-75-82-89-96-107(125-113(119)101-94-87-80-73-66-59-50-44-39-34-29-24-19-14-9-4)108(126-114(120)102-95-88-81-74-67-60-51-45-40-35-30-25-20-15-10-5)105-123-111(117)99-92-85-78-71-64-56-48-42-37-32-27-22-17-12-7-2/h41,43,46-47,49,53,106-108H,6-40,42,44-45,48,50-52,54-105H2,1-5H3. The molecule has 0 aliphatic rings. The highest BCUT2D eigenvalue weighted by Gasteiger charge is 2.30. The zero-order valence-corrected chi connectivity index (χ0v) is 84.6. The first-order chi connectivity index (χ1) is 62.1. The van der Waals surface area contributed by atoms with Crippen molar-refractivity contribution in [2.45, 2.75) is 637 Å². The first-order valence-electron chi connectivity index (χ1n) is 56.1. The third-order valence-electron chi connectivity index (χ3n) is 25.8. The maximum absolute atomic E-state index is 13.8. The van der Waals surface area contributed by atoms with Gasteiger partial charge in [-0.25, -0.2) is 0 Å². The van der Waals surface area contributed by atoms with Gasteiger partial charge < -0.3 is 28.4 Å². The van der Waals surface area contributed by atoms with Crippen LogP contribution in [0.3, 0.4) is 0 Å². The van der Waals surface area contributed by atoms with Crippen molar-refractivity contribution in [2.75, 3.05) is 19.8 Å². The molecule has 0 bridgehead atoms. The Labute approximate surface area is 782 Å². The summed E-state index contributed by atoms with van der Waals surface area (Å²) in [5, 5.41) is 0. The van der Waals surface area contributed by atoms with Crippen molar-refractivity contribution in [3.63, 3.8) is 0 Å². The number of ether oxygens (including phenoxy) is 6. The van der Waals surface area contributed by atoms with Gasteiger partial charge in [0.1, 0.15) is 25.9 Å². The van der Waals surface area contributed by atoms with E-state index in [9.17, 15) is 28.8 Å². The van der Waals surface area contributed by atoms with Crippen LogP contribution in [0, 0.1) is 0 Å². The van der Waals surface area contributed by atoms with Crippen LogP contribution in [0.15, 0.2) is 36.5 Å². The average molecular weight is 1770 g/mol. The van der Waals surface area contributed by atoms with Crippen molar-refractivity contribution in [3.8, 4) is 0 Å². The Hall–Kier alpha value is -3.96. The number of carbonyl (C=O) groups excluding carboxylic acids is 6. The van der Waals surface area contributed by atoms with E-state index in [0.29, 0.717) is 44.9 Å². The highest BCUT2D eigenvalue weighted by molar-refractivity contribution is 5.72. The largest absolute Gasteiger partial charge is 0.462 e. The van der Waals surface area contributed by atoms with Crippen molar-refractivity contribution in [1.82, 2.24) is 0 Å². The molecule has 0 N–H and O–H groups in total. The monoisotopic (exact) mass is 1770 g/mol. The summed E-state index contributed by atoms with van der Waals surface area (Å²) in [7, 11) is 0. The third kappa shape index (κ3) is 97.6. The van der Waals surface area contributed by atoms with Gasteiger partial charge in [0.25, 0.3) is 0 Å². The maximum atomic E-state index is 13.8. The summed E-state index contributed by atoms with van der Waals surface area (Å²) in [6.45, 7) is 11.1. The molecule has 0 aliphatic heterocycles. The molecule has 0 fully saturated rings. The predicted octanol–water partition coefficient (Wildman–Crippen LogP) is 36.6. The lowest BCUT2D eigenvalue weighted by molar-refractivity contribution is -0.176. The van der Waals surface area contributed by atoms with Gasteiger partial charge in [0.05, 0.1) is 0 Å². The van der Waals surface area contributed by atoms with Gasteiger partial charge in [-0.3, -0.25) is 28.8 Å². The van der Waals surface area contributed by atoms with E-state index in [4.69, 9.17) is 28.4 Å². The molecular weight excluding hydrogens is 1560 g/mol. The van der Waals surface area contributed by atoms with Crippen molar-refractivity contribution < 1.29 is 57.2 Å². The molecule has 0 aromatic carbocycles. The first-order valence-corrected chi connectivity index (χ1v) is 56.1. The van der Waals surface area contributed by atoms with E-state index >= 15 is 0 Å². The van der Waals surface area contributed by atoms with Crippen LogP contribution in [0.4, 0.5) is 0 Å². The molecule has 0 saturated heterocycles. The Morgan fingerprint density at radius 2 is 0.325 bits per heavy atom. The third-order valence-corrected chi connectivity index (χ3v) is 25.8. The van der Waals surface area contributed by atoms with E-state index in [-0.39, 0.29) is 55.6 Å². The summed E-state index contributed by atoms with van der Waals surface area (Å²) in [5.41, 5.74) is 0. The minimum absolute atomic E-state index is 0.0880. The first kappa shape index (κ1) is 122. The summed E-state index contributed by atoms with van der Waals surface area (Å²) in [6, 6.07) is 0. The SMILES string of the molecule is CCCCCCCCC=CCCCCCCCC(=O)OCC(COC(=O)CCCCCCCC=CCCCCCCCCC(OC(=O)CCCCCCCCCCCCCCCCC)C(COC(=O)CCCCCCCCCCCCCCCCC)OC(=O)CCCCCCCCCCCCCCCCC)OC(=O)CCCCCCCC=CCCCCCCCC. The molecule has 126 heavy (non-hydrogen) atoms. The van der Waals surface area contributed by atoms with Crippen molar-refractivity contribution in [1.29, 1.82) is 0 Å². The van der Waals surface area contributed by atoms with Crippen LogP contribution in [0.25, 0.3) is 0 Å². The topological polar surface area (TPSA) is 158 Å². The number of hydrogen-bond donors (Lipinski definition) is 0. The van der Waals surface area contributed by atoms with Gasteiger partial charge >= 0.3 is 35.8 Å². The second-order valence-electron chi connectivity index (χ2n) is 38.5. The normalized spacial score (nSPS) is 12.5. The lowest BCUT2D eigenvalue weighted by Gasteiger charge is -2.27. The number of unbranched alkanes of at least 4 members (excludes halogenated alkanes) is 75. The van der Waals surface area contributed by atoms with Crippen LogP contribution >= 0.6 is 0 Å². The molecule has 3 atom stereocenters. The van der Waals surface area contributed by atoms with Gasteiger partial charge in [-0.15, -0.1) is 0 Å². The molecule has 12 nitrogen and oxygen atoms in total. The summed E-state index contributed by atoms with van der Waals surface area (Å²) in [4.78, 5) is 80.0. The van der Waals surface area contributed by atoms with Gasteiger partial charge in [0, 0.05) is 38.5 Å². The molecule has 0 rings (SSSR count). The lowest BCUT2D eigenvalue weighted by Crippen LogP contribution is -2.39. The number of hydrogen-bond acceptors (Lipinski definition) is 12. The van der Waals surface area contributed by atoms with Crippen LogP contribution in [0.1, 0.15) is 619 Å². The van der Waals surface area contributed by atoms with Crippen LogP contribution in [0.5, 0.6) is 0 Å². The highest BCUT2D eigenvalue weighted by atomic mass is 16.6. The molecule has 0 aliphatic carbocycles. The highest BCUT2D eigenvalue weighted by Crippen LogP contribution is 2.25. The summed E-state index contributed by atoms with van der Waals surface area (Å²) in [5.74, 6) is -1.77. The van der Waals surface area contributed by atoms with Crippen molar-refractivity contribution in [2.24, 2.45) is 0 Å². The van der Waals surface area contributed by atoms with Gasteiger partial charge in [-0.05, 0) is 128 Å². The molecule has 3 unspecified atom stereocenters. The van der Waals surface area contributed by atoms with E-state index in [1.54, 1.807) is 0 Å². The molecule has 0 aromatic heterocycles. The van der Waals surface area contributed by atoms with Gasteiger partial charge in [0.15, 0.2) is 12.2 Å². The fraction of sp³-hybridized carbons (Fsp3) is 0.895. The van der Waals surface area contributed by atoms with E-state index in [0.717, 1.165) is 212 Å². The number of esters is 6. The molecule has 740 valence electrons. The Morgan fingerprint density at radius 3 is 0.540 bits per heavy atom. The van der Waals surface area contributed by atoms with Crippen LogP contribution in [-0.4, -0.2) is 73.9 Å². The van der Waals surface area contributed by atoms with Gasteiger partial charge in [0.2, 0.25) is 0 Å². The fourth-order valence-corrected chi connectivity index (χ4v) is 17.3. The number of rotatable bonds is 105. The van der Waals surface area contributed by atoms with Crippen LogP contribution in [-0.2, 0) is 57.2 Å². The quantitative estimate of drug-likeness (QED) is 0.0246. The van der Waals surface area contributed by atoms with E-state index in [1.165, 1.54) is 327 Å². The Balaban J connectivity index is 5.39. The Morgan fingerprint density at radius 1 is 0.167 bits per heavy atom. The van der Waals surface area contributed by atoms with Crippen molar-refractivity contribution in [3.05, 3.63) is 36.5 Å². The molecule has 12 heteroatoms. The molecule has 0 aromatic rings. The predicted molar refractivity (Wildman–Crippen MR) is 538 cm³/mol. The fourth-order valence-electron chi connectivity index (χ4n) is 17.3. The molecule has 0 amide bonds. The van der Waals surface area contributed by atoms with Crippen molar-refractivity contribution >= 4 is 35.8 Å². The number of carbonyl (C=O) groups is 6. The minimum atomic E-state index is -0.835. The van der Waals surface area contributed by atoms with E-state index in [2.05, 4.69) is 71.1 Å². The van der Waals surface area contributed by atoms with Crippen LogP contribution < -0.4 is 0 Å². The molecular formula is C114H212O12. The Bertz CT molecular complexity index is 2360. The minimum Gasteiger partial charge on any atom is -0.462 e. The maximum Gasteiger partial charge on any atom is 0.306 e. The lowest BCUT2D eigenvalue weighted by atomic mass is 10.0. The summed E-state index contributed by atoms with van der Waals surface area (Å²) < 4.78 is 35.7. The number of allylic oxidation sites excluding steroid dienone is 6. The van der Waals surface area contributed by atoms with Gasteiger partial charge in [-0.1, -0.05) is 488 Å². The molecule has 0 spiro atoms. The Kier molecular flexibility index (Phi) is 101. The molecule has 0 radical (unpaired) electrons. The van der Waals surface area contributed by atoms with E-state index < -0.39 is 18.3 Å². The second kappa shape index (κ2) is 105. The summed E-state index contributed by atoms with van der Waals surface area (Å²) in [6.07, 6.45) is 115. The zero-order valence-electron chi connectivity index (χ0n) is 84.6. The molecule has 0 heterocycles. The average Bonchev–Trinajstić information content (AvgIpc) is 0.885. The molecule has 0 saturated carbocycles. The second-order valence-corrected chi connectivity index (χ2v) is 38.5. The van der Waals surface area contributed by atoms with Crippen LogP contribution in [0.2, 0.25) is 0 Å². The smallest absolute Gasteiger partial charge is 0.306 e.